The Hall–Kier alpha value is -3.43. The number of amides is 3. The number of esters is 2. The van der Waals surface area contributed by atoms with Crippen molar-refractivity contribution in [3.05, 3.63) is 24.3 Å². The van der Waals surface area contributed by atoms with E-state index in [1.54, 1.807) is 19.1 Å². The van der Waals surface area contributed by atoms with E-state index in [0.29, 0.717) is 18.5 Å². The van der Waals surface area contributed by atoms with Crippen LogP contribution in [0.1, 0.15) is 47.0 Å². The summed E-state index contributed by atoms with van der Waals surface area (Å²) in [5, 5.41) is 0. The summed E-state index contributed by atoms with van der Waals surface area (Å²) in [6, 6.07) is 6.21. The number of methoxy groups -OCH3 is 1. The van der Waals surface area contributed by atoms with Crippen molar-refractivity contribution >= 4 is 41.2 Å². The second-order valence-corrected chi connectivity index (χ2v) is 7.98. The summed E-state index contributed by atoms with van der Waals surface area (Å²) in [5.74, 6) is -2.09. The number of benzene rings is 1. The van der Waals surface area contributed by atoms with Crippen LogP contribution in [0.5, 0.6) is 0 Å². The van der Waals surface area contributed by atoms with Gasteiger partial charge in [0.2, 0.25) is 11.8 Å². The molecule has 1 aromatic carbocycles. The Kier molecular flexibility index (Phi) is 8.56. The van der Waals surface area contributed by atoms with Gasteiger partial charge in [-0.3, -0.25) is 24.1 Å². The lowest BCUT2D eigenvalue weighted by Crippen LogP contribution is -2.53. The van der Waals surface area contributed by atoms with E-state index in [9.17, 15) is 24.0 Å². The summed E-state index contributed by atoms with van der Waals surface area (Å²) in [5.41, 5.74) is -0.334. The first-order chi connectivity index (χ1) is 15.6. The van der Waals surface area contributed by atoms with Gasteiger partial charge in [-0.15, -0.1) is 0 Å². The number of hydrogen-bond donors (Lipinski definition) is 0. The Morgan fingerprint density at radius 3 is 2.06 bits per heavy atom. The van der Waals surface area contributed by atoms with Gasteiger partial charge >= 0.3 is 18.0 Å². The predicted octanol–water partition coefficient (Wildman–Crippen LogP) is 2.82. The van der Waals surface area contributed by atoms with Gasteiger partial charge in [-0.1, -0.05) is 13.8 Å². The zero-order chi connectivity index (χ0) is 24.8. The minimum Gasteiger partial charge on any atom is -0.463 e. The number of carbonyl (C=O) groups is 5. The van der Waals surface area contributed by atoms with Crippen LogP contribution in [0.3, 0.4) is 0 Å². The number of imide groups is 1. The van der Waals surface area contributed by atoms with Gasteiger partial charge in [-0.05, 0) is 37.1 Å². The number of hydrogen-bond acceptors (Lipinski definition) is 8. The summed E-state index contributed by atoms with van der Waals surface area (Å²) in [6.45, 7) is 5.77. The first-order valence-electron chi connectivity index (χ1n) is 10.7. The maximum absolute atomic E-state index is 12.8. The number of nitrogens with zero attached hydrogens (tertiary/aromatic N) is 2. The molecular weight excluding hydrogens is 432 g/mol. The molecule has 10 heteroatoms. The average molecular weight is 462 g/mol. The van der Waals surface area contributed by atoms with Gasteiger partial charge in [0.05, 0.1) is 12.8 Å². The van der Waals surface area contributed by atoms with Crippen LogP contribution < -0.4 is 9.80 Å². The number of carbonyl (C=O) groups excluding carboxylic acids is 5. The molecule has 10 nitrogen and oxygen atoms in total. The van der Waals surface area contributed by atoms with Gasteiger partial charge in [0.25, 0.3) is 0 Å². The van der Waals surface area contributed by atoms with Crippen molar-refractivity contribution in [2.24, 2.45) is 5.92 Å². The van der Waals surface area contributed by atoms with E-state index in [1.165, 1.54) is 38.0 Å². The Bertz CT molecular complexity index is 894. The molecule has 1 aromatic rings. The van der Waals surface area contributed by atoms with Crippen LogP contribution in [-0.4, -0.2) is 55.7 Å². The van der Waals surface area contributed by atoms with Crippen LogP contribution in [0.15, 0.2) is 24.3 Å². The van der Waals surface area contributed by atoms with E-state index in [1.807, 2.05) is 6.92 Å². The zero-order valence-corrected chi connectivity index (χ0v) is 19.6. The normalized spacial score (nSPS) is 15.5. The summed E-state index contributed by atoms with van der Waals surface area (Å²) >= 11 is 0. The number of ether oxygens (including phenoxy) is 3. The monoisotopic (exact) mass is 462 g/mol. The molecule has 0 N–H and O–H groups in total. The molecule has 2 rings (SSSR count). The summed E-state index contributed by atoms with van der Waals surface area (Å²) < 4.78 is 15.2. The molecule has 1 aliphatic heterocycles. The number of rotatable bonds is 8. The second-order valence-electron chi connectivity index (χ2n) is 7.98. The van der Waals surface area contributed by atoms with E-state index >= 15 is 0 Å². The quantitative estimate of drug-likeness (QED) is 0.427. The summed E-state index contributed by atoms with van der Waals surface area (Å²) in [4.78, 5) is 63.1. The SMILES string of the molecule is CCC(C)C(=O)N(C(=O)OC)c1ccc(N2C(=O)CCC2(COC(C)=O)COC(C)=O)cc1. The van der Waals surface area contributed by atoms with Crippen molar-refractivity contribution in [1.29, 1.82) is 0 Å². The summed E-state index contributed by atoms with van der Waals surface area (Å²) in [7, 11) is 1.19. The van der Waals surface area contributed by atoms with E-state index in [4.69, 9.17) is 14.2 Å². The van der Waals surface area contributed by atoms with E-state index in [2.05, 4.69) is 0 Å². The Morgan fingerprint density at radius 1 is 1.06 bits per heavy atom. The molecule has 0 radical (unpaired) electrons. The third-order valence-corrected chi connectivity index (χ3v) is 5.59. The van der Waals surface area contributed by atoms with Crippen molar-refractivity contribution in [2.45, 2.75) is 52.5 Å². The maximum Gasteiger partial charge on any atom is 0.420 e. The second kappa shape index (κ2) is 10.9. The van der Waals surface area contributed by atoms with Gasteiger partial charge in [0.1, 0.15) is 18.8 Å². The molecule has 0 bridgehead atoms. The van der Waals surface area contributed by atoms with Crippen LogP contribution in [0.4, 0.5) is 16.2 Å². The number of anilines is 2. The van der Waals surface area contributed by atoms with E-state index in [0.717, 1.165) is 4.90 Å². The Balaban J connectivity index is 2.43. The highest BCUT2D eigenvalue weighted by molar-refractivity contribution is 6.13. The fourth-order valence-corrected chi connectivity index (χ4v) is 3.59. The van der Waals surface area contributed by atoms with Crippen molar-refractivity contribution in [3.63, 3.8) is 0 Å². The standard InChI is InChI=1S/C23H30N2O8/c1-6-15(2)21(29)24(22(30)31-5)18-7-9-19(10-8-18)25-20(28)11-12-23(25,13-32-16(3)26)14-33-17(4)27/h7-10,15H,6,11-14H2,1-5H3. The molecule has 1 atom stereocenters. The molecule has 33 heavy (non-hydrogen) atoms. The van der Waals surface area contributed by atoms with E-state index in [-0.39, 0.29) is 31.2 Å². The fraction of sp³-hybridized carbons (Fsp3) is 0.522. The molecule has 0 aliphatic carbocycles. The lowest BCUT2D eigenvalue weighted by atomic mass is 9.97. The molecule has 0 aromatic heterocycles. The molecular formula is C23H30N2O8. The van der Waals surface area contributed by atoms with Crippen LogP contribution in [0.2, 0.25) is 0 Å². The third-order valence-electron chi connectivity index (χ3n) is 5.59. The predicted molar refractivity (Wildman–Crippen MR) is 119 cm³/mol. The Labute approximate surface area is 192 Å². The fourth-order valence-electron chi connectivity index (χ4n) is 3.59. The minimum atomic E-state index is -1.06. The van der Waals surface area contributed by atoms with Crippen LogP contribution in [-0.2, 0) is 33.4 Å². The molecule has 1 aliphatic rings. The van der Waals surface area contributed by atoms with Gasteiger partial charge in [0, 0.05) is 31.9 Å². The molecule has 180 valence electrons. The largest absolute Gasteiger partial charge is 0.463 e. The van der Waals surface area contributed by atoms with Crippen molar-refractivity contribution in [2.75, 3.05) is 30.1 Å². The highest BCUT2D eigenvalue weighted by atomic mass is 16.6. The van der Waals surface area contributed by atoms with Crippen LogP contribution in [0, 0.1) is 5.92 Å². The first kappa shape index (κ1) is 25.8. The smallest absolute Gasteiger partial charge is 0.420 e. The van der Waals surface area contributed by atoms with Crippen LogP contribution in [0.25, 0.3) is 0 Å². The van der Waals surface area contributed by atoms with Gasteiger partial charge in [-0.2, -0.15) is 0 Å². The highest BCUT2D eigenvalue weighted by Gasteiger charge is 2.48. The first-order valence-corrected chi connectivity index (χ1v) is 10.7. The van der Waals surface area contributed by atoms with Gasteiger partial charge in [-0.25, -0.2) is 9.69 Å². The van der Waals surface area contributed by atoms with Crippen molar-refractivity contribution in [1.82, 2.24) is 0 Å². The molecule has 1 unspecified atom stereocenters. The topological polar surface area (TPSA) is 120 Å². The van der Waals surface area contributed by atoms with Crippen molar-refractivity contribution in [3.8, 4) is 0 Å². The maximum atomic E-state index is 12.8. The average Bonchev–Trinajstić information content (AvgIpc) is 3.12. The van der Waals surface area contributed by atoms with Gasteiger partial charge < -0.3 is 14.2 Å². The van der Waals surface area contributed by atoms with Gasteiger partial charge in [0.15, 0.2) is 0 Å². The zero-order valence-electron chi connectivity index (χ0n) is 19.6. The molecule has 0 spiro atoms. The van der Waals surface area contributed by atoms with E-state index < -0.39 is 35.4 Å². The minimum absolute atomic E-state index is 0.149. The third kappa shape index (κ3) is 5.88. The Morgan fingerprint density at radius 2 is 1.61 bits per heavy atom. The molecule has 1 fully saturated rings. The van der Waals surface area contributed by atoms with Crippen molar-refractivity contribution < 1.29 is 38.2 Å². The molecule has 1 heterocycles. The molecule has 0 saturated carbocycles. The highest BCUT2D eigenvalue weighted by Crippen LogP contribution is 2.37. The summed E-state index contributed by atoms with van der Waals surface area (Å²) in [6.07, 6.45) is 0.214. The van der Waals surface area contributed by atoms with Crippen LogP contribution >= 0.6 is 0 Å². The lowest BCUT2D eigenvalue weighted by molar-refractivity contribution is -0.147. The molecule has 3 amide bonds. The molecule has 1 saturated heterocycles. The lowest BCUT2D eigenvalue weighted by Gasteiger charge is -2.37.